The van der Waals surface area contributed by atoms with Crippen LogP contribution in [0.4, 0.5) is 0 Å². The van der Waals surface area contributed by atoms with Gasteiger partial charge in [-0.15, -0.1) is 0 Å². The molecule has 2 N–H and O–H groups in total. The fourth-order valence-electron chi connectivity index (χ4n) is 0.571. The van der Waals surface area contributed by atoms with Gasteiger partial charge in [0.1, 0.15) is 0 Å². The molecule has 0 aromatic rings. The third-order valence-electron chi connectivity index (χ3n) is 1.09. The van der Waals surface area contributed by atoms with Gasteiger partial charge in [-0.1, -0.05) is 0 Å². The number of hydrogen-bond donors (Lipinski definition) is 2. The van der Waals surface area contributed by atoms with E-state index >= 15 is 0 Å². The highest BCUT2D eigenvalue weighted by atomic mass is 127. The number of nitrogens with one attached hydrogen (secondary N) is 2. The van der Waals surface area contributed by atoms with E-state index in [9.17, 15) is 8.42 Å². The number of hydrogen-bond acceptors (Lipinski definition) is 3. The third-order valence-corrected chi connectivity index (χ3v) is 2.47. The second-order valence-corrected chi connectivity index (χ2v) is 6.50. The quantitative estimate of drug-likeness (QED) is 0.507. The molecule has 1 aliphatic heterocycles. The van der Waals surface area contributed by atoms with Gasteiger partial charge in [-0.25, -0.2) is 13.1 Å². The highest BCUT2D eigenvalue weighted by molar-refractivity contribution is 14.2. The van der Waals surface area contributed by atoms with Crippen LogP contribution in [0.2, 0.25) is 0 Å². The predicted octanol–water partition coefficient (Wildman–Crippen LogP) is -0.772. The SMILES string of the molecule is O=S(=O)(I)NC1CNC1. The molecule has 54 valence electrons. The Morgan fingerprint density at radius 1 is 1.56 bits per heavy atom. The zero-order valence-corrected chi connectivity index (χ0v) is 7.57. The van der Waals surface area contributed by atoms with Gasteiger partial charge >= 0.3 is 0 Å². The fraction of sp³-hybridized carbons (Fsp3) is 1.00. The summed E-state index contributed by atoms with van der Waals surface area (Å²) in [5, 5.41) is 2.95. The second-order valence-electron chi connectivity index (χ2n) is 1.91. The third kappa shape index (κ3) is 2.78. The first kappa shape index (κ1) is 7.70. The molecule has 1 saturated heterocycles. The van der Waals surface area contributed by atoms with E-state index in [4.69, 9.17) is 0 Å². The van der Waals surface area contributed by atoms with Gasteiger partial charge in [-0.3, -0.25) is 0 Å². The van der Waals surface area contributed by atoms with Crippen LogP contribution in [-0.2, 0) is 7.19 Å². The molecule has 0 aromatic carbocycles. The Balaban J connectivity index is 2.33. The standard InChI is InChI=1S/C3H7IN2O2S/c4-9(7,8)6-3-1-5-2-3/h3,5-6H,1-2H2. The fourth-order valence-corrected chi connectivity index (χ4v) is 2.21. The van der Waals surface area contributed by atoms with Crippen LogP contribution in [-0.4, -0.2) is 27.5 Å². The summed E-state index contributed by atoms with van der Waals surface area (Å²) in [6, 6.07) is 0.117. The van der Waals surface area contributed by atoms with E-state index in [2.05, 4.69) is 10.0 Å². The second kappa shape index (κ2) is 2.69. The molecule has 1 fully saturated rings. The van der Waals surface area contributed by atoms with Crippen molar-refractivity contribution in [3.8, 4) is 0 Å². The molecular formula is C3H7IN2O2S. The molecule has 0 unspecified atom stereocenters. The topological polar surface area (TPSA) is 58.2 Å². The van der Waals surface area contributed by atoms with Crippen molar-refractivity contribution in [2.24, 2.45) is 0 Å². The molecule has 0 spiro atoms. The molecule has 0 radical (unpaired) electrons. The maximum Gasteiger partial charge on any atom is 0.265 e. The largest absolute Gasteiger partial charge is 0.313 e. The Morgan fingerprint density at radius 3 is 2.22 bits per heavy atom. The molecule has 1 heterocycles. The van der Waals surface area contributed by atoms with Crippen molar-refractivity contribution in [1.82, 2.24) is 10.0 Å². The lowest BCUT2D eigenvalue weighted by molar-refractivity contribution is 0.414. The van der Waals surface area contributed by atoms with Crippen molar-refractivity contribution < 1.29 is 8.42 Å². The van der Waals surface area contributed by atoms with Crippen LogP contribution in [0, 0.1) is 0 Å². The molecule has 0 atom stereocenters. The first-order chi connectivity index (χ1) is 4.08. The average Bonchev–Trinajstić information content (AvgIpc) is 1.53. The zero-order chi connectivity index (χ0) is 6.91. The minimum atomic E-state index is -3.00. The normalized spacial score (nSPS) is 21.4. The number of halogens is 1. The van der Waals surface area contributed by atoms with Crippen molar-refractivity contribution in [3.05, 3.63) is 0 Å². The minimum absolute atomic E-state index is 0.117. The predicted molar refractivity (Wildman–Crippen MR) is 42.7 cm³/mol. The van der Waals surface area contributed by atoms with Crippen molar-refractivity contribution in [2.45, 2.75) is 6.04 Å². The Labute approximate surface area is 66.0 Å². The van der Waals surface area contributed by atoms with Crippen LogP contribution in [0.3, 0.4) is 0 Å². The Bertz CT molecular complexity index is 186. The summed E-state index contributed by atoms with van der Waals surface area (Å²) in [7, 11) is -3.00. The molecule has 0 bridgehead atoms. The molecule has 1 aliphatic rings. The monoisotopic (exact) mass is 262 g/mol. The van der Waals surface area contributed by atoms with Crippen LogP contribution in [0.15, 0.2) is 0 Å². The van der Waals surface area contributed by atoms with E-state index in [0.29, 0.717) is 0 Å². The van der Waals surface area contributed by atoms with Gasteiger partial charge in [0.2, 0.25) is 0 Å². The van der Waals surface area contributed by atoms with Crippen LogP contribution in [0.25, 0.3) is 0 Å². The van der Waals surface area contributed by atoms with E-state index in [1.54, 1.807) is 0 Å². The minimum Gasteiger partial charge on any atom is -0.313 e. The molecule has 9 heavy (non-hydrogen) atoms. The van der Waals surface area contributed by atoms with Crippen LogP contribution in [0.1, 0.15) is 0 Å². The summed E-state index contributed by atoms with van der Waals surface area (Å²) < 4.78 is 23.4. The maximum atomic E-state index is 10.5. The summed E-state index contributed by atoms with van der Waals surface area (Å²) in [6.07, 6.45) is 0. The van der Waals surface area contributed by atoms with Gasteiger partial charge in [-0.05, 0) is 0 Å². The zero-order valence-electron chi connectivity index (χ0n) is 4.59. The summed E-state index contributed by atoms with van der Waals surface area (Å²) in [6.45, 7) is 1.50. The average molecular weight is 262 g/mol. The lowest BCUT2D eigenvalue weighted by Gasteiger charge is -2.26. The summed E-state index contributed by atoms with van der Waals surface area (Å²) in [5.41, 5.74) is 0. The van der Waals surface area contributed by atoms with Crippen LogP contribution >= 0.6 is 21.2 Å². The van der Waals surface area contributed by atoms with E-state index < -0.39 is 7.19 Å². The molecule has 0 amide bonds. The first-order valence-electron chi connectivity index (χ1n) is 2.50. The molecule has 0 aliphatic carbocycles. The maximum absolute atomic E-state index is 10.5. The molecule has 6 heteroatoms. The van der Waals surface area contributed by atoms with Crippen molar-refractivity contribution in [2.75, 3.05) is 13.1 Å². The van der Waals surface area contributed by atoms with E-state index in [1.165, 1.54) is 21.2 Å². The highest BCUT2D eigenvalue weighted by Gasteiger charge is 2.20. The van der Waals surface area contributed by atoms with Gasteiger partial charge in [0.15, 0.2) is 0 Å². The summed E-state index contributed by atoms with van der Waals surface area (Å²) in [5.74, 6) is 0. The smallest absolute Gasteiger partial charge is 0.265 e. The summed E-state index contributed by atoms with van der Waals surface area (Å²) in [4.78, 5) is 0. The number of rotatable bonds is 2. The lowest BCUT2D eigenvalue weighted by atomic mass is 10.2. The Hall–Kier alpha value is 0.600. The molecule has 0 saturated carbocycles. The van der Waals surface area contributed by atoms with Crippen LogP contribution in [0.5, 0.6) is 0 Å². The van der Waals surface area contributed by atoms with Gasteiger partial charge in [0.05, 0.1) is 21.2 Å². The summed E-state index contributed by atoms with van der Waals surface area (Å²) >= 11 is 1.38. The van der Waals surface area contributed by atoms with E-state index in [0.717, 1.165) is 13.1 Å². The Kier molecular flexibility index (Phi) is 2.30. The van der Waals surface area contributed by atoms with Crippen molar-refractivity contribution in [1.29, 1.82) is 0 Å². The first-order valence-corrected chi connectivity index (χ1v) is 6.53. The molecule has 0 aromatic heterocycles. The molecule has 1 rings (SSSR count). The van der Waals surface area contributed by atoms with Crippen molar-refractivity contribution in [3.63, 3.8) is 0 Å². The van der Waals surface area contributed by atoms with Crippen LogP contribution < -0.4 is 10.0 Å². The van der Waals surface area contributed by atoms with Gasteiger partial charge in [0.25, 0.3) is 7.19 Å². The molecule has 4 nitrogen and oxygen atoms in total. The molecular weight excluding hydrogens is 255 g/mol. The van der Waals surface area contributed by atoms with Gasteiger partial charge < -0.3 is 5.32 Å². The van der Waals surface area contributed by atoms with E-state index in [-0.39, 0.29) is 6.04 Å². The lowest BCUT2D eigenvalue weighted by Crippen LogP contribution is -2.55. The van der Waals surface area contributed by atoms with Crippen molar-refractivity contribution >= 4 is 28.4 Å². The van der Waals surface area contributed by atoms with E-state index in [1.807, 2.05) is 0 Å². The highest BCUT2D eigenvalue weighted by Crippen LogP contribution is 2.00. The van der Waals surface area contributed by atoms with Gasteiger partial charge in [0, 0.05) is 19.1 Å². The Morgan fingerprint density at radius 2 is 2.11 bits per heavy atom. The van der Waals surface area contributed by atoms with Gasteiger partial charge in [-0.2, -0.15) is 0 Å².